The Morgan fingerprint density at radius 3 is 2.78 bits per heavy atom. The van der Waals surface area contributed by atoms with Crippen molar-refractivity contribution >= 4 is 29.0 Å². The van der Waals surface area contributed by atoms with Gasteiger partial charge in [-0.05, 0) is 44.0 Å². The highest BCUT2D eigenvalue weighted by atomic mass is 35.5. The molecule has 0 aliphatic carbocycles. The molecule has 0 saturated heterocycles. The van der Waals surface area contributed by atoms with E-state index in [4.69, 9.17) is 11.6 Å². The van der Waals surface area contributed by atoms with Crippen LogP contribution in [0.1, 0.15) is 42.6 Å². The van der Waals surface area contributed by atoms with Gasteiger partial charge in [0, 0.05) is 23.6 Å². The molecule has 4 heteroatoms. The normalized spacial score (nSPS) is 16.3. The van der Waals surface area contributed by atoms with Crippen molar-refractivity contribution in [3.05, 3.63) is 29.3 Å². The molecule has 1 N–H and O–H groups in total. The van der Waals surface area contributed by atoms with E-state index in [-0.39, 0.29) is 11.7 Å². The second-order valence-electron chi connectivity index (χ2n) is 5.06. The molecule has 1 heterocycles. The number of benzene rings is 1. The molecule has 0 fully saturated rings. The predicted octanol–water partition coefficient (Wildman–Crippen LogP) is 3.12. The molecule has 3 nitrogen and oxygen atoms in total. The minimum absolute atomic E-state index is 0.0251. The number of ketones is 1. The quantitative estimate of drug-likeness (QED) is 0.672. The van der Waals surface area contributed by atoms with Crippen LogP contribution in [-0.2, 0) is 10.2 Å². The fraction of sp³-hybridized carbons (Fsp3) is 0.429. The summed E-state index contributed by atoms with van der Waals surface area (Å²) in [6, 6.07) is 5.39. The molecule has 18 heavy (non-hydrogen) atoms. The van der Waals surface area contributed by atoms with E-state index < -0.39 is 5.41 Å². The van der Waals surface area contributed by atoms with Gasteiger partial charge < -0.3 is 5.32 Å². The first-order chi connectivity index (χ1) is 8.46. The summed E-state index contributed by atoms with van der Waals surface area (Å²) in [6.45, 7) is 3.72. The van der Waals surface area contributed by atoms with Crippen LogP contribution in [0.4, 0.5) is 5.69 Å². The van der Waals surface area contributed by atoms with E-state index in [1.165, 1.54) is 0 Å². The Hall–Kier alpha value is -1.35. The van der Waals surface area contributed by atoms with Crippen molar-refractivity contribution in [3.8, 4) is 0 Å². The number of alkyl halides is 1. The Morgan fingerprint density at radius 2 is 2.11 bits per heavy atom. The third kappa shape index (κ3) is 2.15. The van der Waals surface area contributed by atoms with Crippen LogP contribution in [-0.4, -0.2) is 17.6 Å². The summed E-state index contributed by atoms with van der Waals surface area (Å²) in [5.74, 6) is 0.541. The molecule has 0 saturated carbocycles. The van der Waals surface area contributed by atoms with E-state index in [1.807, 2.05) is 19.9 Å². The van der Waals surface area contributed by atoms with Gasteiger partial charge in [0.1, 0.15) is 0 Å². The number of hydrogen-bond donors (Lipinski definition) is 1. The maximum Gasteiger partial charge on any atom is 0.234 e. The third-order valence-corrected chi connectivity index (χ3v) is 3.64. The van der Waals surface area contributed by atoms with Gasteiger partial charge in [-0.15, -0.1) is 11.6 Å². The second kappa shape index (κ2) is 4.73. The molecule has 1 amide bonds. The highest BCUT2D eigenvalue weighted by Gasteiger charge is 2.38. The van der Waals surface area contributed by atoms with Crippen molar-refractivity contribution in [2.24, 2.45) is 0 Å². The van der Waals surface area contributed by atoms with Crippen molar-refractivity contribution in [3.63, 3.8) is 0 Å². The first-order valence-corrected chi connectivity index (χ1v) is 6.55. The maximum absolute atomic E-state index is 11.9. The summed E-state index contributed by atoms with van der Waals surface area (Å²) < 4.78 is 0. The molecule has 1 aromatic rings. The number of rotatable bonds is 4. The van der Waals surface area contributed by atoms with Gasteiger partial charge in [-0.2, -0.15) is 0 Å². The molecule has 0 bridgehead atoms. The van der Waals surface area contributed by atoms with Crippen molar-refractivity contribution < 1.29 is 9.59 Å². The van der Waals surface area contributed by atoms with Gasteiger partial charge in [-0.25, -0.2) is 0 Å². The minimum atomic E-state index is -0.571. The lowest BCUT2D eigenvalue weighted by Crippen LogP contribution is -2.27. The fourth-order valence-corrected chi connectivity index (χ4v) is 2.25. The second-order valence-corrected chi connectivity index (χ2v) is 5.43. The van der Waals surface area contributed by atoms with Gasteiger partial charge in [0.25, 0.3) is 0 Å². The largest absolute Gasteiger partial charge is 0.325 e. The number of amides is 1. The Morgan fingerprint density at radius 1 is 1.39 bits per heavy atom. The van der Waals surface area contributed by atoms with Crippen molar-refractivity contribution in [2.75, 3.05) is 11.2 Å². The van der Waals surface area contributed by atoms with E-state index in [0.29, 0.717) is 24.3 Å². The Labute approximate surface area is 112 Å². The summed E-state index contributed by atoms with van der Waals surface area (Å²) in [7, 11) is 0. The SMILES string of the molecule is CC1(C)C(=O)Nc2ccc(C(=O)CCCCl)cc21. The summed E-state index contributed by atoms with van der Waals surface area (Å²) in [5.41, 5.74) is 1.78. The van der Waals surface area contributed by atoms with E-state index in [9.17, 15) is 9.59 Å². The average molecular weight is 266 g/mol. The van der Waals surface area contributed by atoms with Gasteiger partial charge in [-0.3, -0.25) is 9.59 Å². The van der Waals surface area contributed by atoms with Gasteiger partial charge in [0.05, 0.1) is 5.41 Å². The highest BCUT2D eigenvalue weighted by Crippen LogP contribution is 2.37. The lowest BCUT2D eigenvalue weighted by molar-refractivity contribution is -0.119. The van der Waals surface area contributed by atoms with E-state index in [0.717, 1.165) is 11.3 Å². The van der Waals surface area contributed by atoms with Crippen molar-refractivity contribution in [1.29, 1.82) is 0 Å². The topological polar surface area (TPSA) is 46.2 Å². The van der Waals surface area contributed by atoms with Gasteiger partial charge in [0.15, 0.2) is 5.78 Å². The average Bonchev–Trinajstić information content (AvgIpc) is 2.57. The molecular weight excluding hydrogens is 250 g/mol. The van der Waals surface area contributed by atoms with Gasteiger partial charge in [0.2, 0.25) is 5.91 Å². The summed E-state index contributed by atoms with van der Waals surface area (Å²) in [6.07, 6.45) is 1.13. The number of Topliss-reactive ketones (excluding diaryl/α,β-unsaturated/α-hetero) is 1. The van der Waals surface area contributed by atoms with E-state index in [1.54, 1.807) is 12.1 Å². The first-order valence-electron chi connectivity index (χ1n) is 6.02. The summed E-state index contributed by atoms with van der Waals surface area (Å²) in [4.78, 5) is 23.7. The predicted molar refractivity (Wildman–Crippen MR) is 72.4 cm³/mol. The van der Waals surface area contributed by atoms with Crippen LogP contribution in [0.2, 0.25) is 0 Å². The maximum atomic E-state index is 11.9. The van der Waals surface area contributed by atoms with Crippen LogP contribution in [0.5, 0.6) is 0 Å². The number of carbonyl (C=O) groups excluding carboxylic acids is 2. The van der Waals surface area contributed by atoms with Crippen LogP contribution < -0.4 is 5.32 Å². The Balaban J connectivity index is 2.31. The number of anilines is 1. The number of fused-ring (bicyclic) bond motifs is 1. The zero-order valence-electron chi connectivity index (χ0n) is 10.5. The lowest BCUT2D eigenvalue weighted by atomic mass is 9.85. The molecule has 1 aromatic carbocycles. The van der Waals surface area contributed by atoms with Crippen LogP contribution in [0, 0.1) is 0 Å². The van der Waals surface area contributed by atoms with Gasteiger partial charge >= 0.3 is 0 Å². The lowest BCUT2D eigenvalue weighted by Gasteiger charge is -2.15. The first kappa shape index (κ1) is 13.1. The molecule has 1 aliphatic heterocycles. The van der Waals surface area contributed by atoms with E-state index in [2.05, 4.69) is 5.32 Å². The smallest absolute Gasteiger partial charge is 0.234 e. The van der Waals surface area contributed by atoms with Crippen LogP contribution in [0.15, 0.2) is 18.2 Å². The third-order valence-electron chi connectivity index (χ3n) is 3.37. The summed E-state index contributed by atoms with van der Waals surface area (Å²) >= 11 is 5.58. The molecule has 0 aromatic heterocycles. The zero-order chi connectivity index (χ0) is 13.3. The monoisotopic (exact) mass is 265 g/mol. The number of nitrogens with one attached hydrogen (secondary N) is 1. The Kier molecular flexibility index (Phi) is 3.44. The molecule has 0 atom stereocenters. The molecule has 1 aliphatic rings. The highest BCUT2D eigenvalue weighted by molar-refractivity contribution is 6.18. The zero-order valence-corrected chi connectivity index (χ0v) is 11.3. The molecule has 0 spiro atoms. The van der Waals surface area contributed by atoms with Gasteiger partial charge in [-0.1, -0.05) is 0 Å². The van der Waals surface area contributed by atoms with Crippen LogP contribution in [0.3, 0.4) is 0 Å². The van der Waals surface area contributed by atoms with Crippen molar-refractivity contribution in [1.82, 2.24) is 0 Å². The molecular formula is C14H16ClNO2. The van der Waals surface area contributed by atoms with Crippen molar-refractivity contribution in [2.45, 2.75) is 32.1 Å². The number of halogens is 1. The molecule has 96 valence electrons. The number of hydrogen-bond acceptors (Lipinski definition) is 2. The minimum Gasteiger partial charge on any atom is -0.325 e. The molecule has 0 radical (unpaired) electrons. The molecule has 2 rings (SSSR count). The summed E-state index contributed by atoms with van der Waals surface area (Å²) in [5, 5.41) is 2.83. The number of carbonyl (C=O) groups is 2. The molecule has 0 unspecified atom stereocenters. The van der Waals surface area contributed by atoms with Crippen LogP contribution in [0.25, 0.3) is 0 Å². The van der Waals surface area contributed by atoms with E-state index >= 15 is 0 Å². The standard InChI is InChI=1S/C14H16ClNO2/c1-14(2)10-8-9(12(17)4-3-7-15)5-6-11(10)16-13(14)18/h5-6,8H,3-4,7H2,1-2H3,(H,16,18). The fourth-order valence-electron chi connectivity index (χ4n) is 2.12. The van der Waals surface area contributed by atoms with Crippen LogP contribution >= 0.6 is 11.6 Å². The Bertz CT molecular complexity index is 509.